The van der Waals surface area contributed by atoms with Gasteiger partial charge in [0.15, 0.2) is 5.16 Å². The third-order valence-corrected chi connectivity index (χ3v) is 6.00. The summed E-state index contributed by atoms with van der Waals surface area (Å²) in [6.07, 6.45) is 7.09. The monoisotopic (exact) mass is 370 g/mol. The highest BCUT2D eigenvalue weighted by Gasteiger charge is 2.25. The molecule has 1 unspecified atom stereocenters. The minimum absolute atomic E-state index is 0.164. The number of para-hydroxylation sites is 1. The number of carbonyl (C=O) groups excluding carboxylic acids is 1. The molecule has 2 fully saturated rings. The summed E-state index contributed by atoms with van der Waals surface area (Å²) in [5.41, 5.74) is 0.933. The van der Waals surface area contributed by atoms with Crippen LogP contribution in [0.25, 0.3) is 10.9 Å². The number of anilines is 1. The number of carbonyl (C=O) groups is 1. The van der Waals surface area contributed by atoms with Crippen molar-refractivity contribution in [2.75, 3.05) is 18.4 Å². The van der Waals surface area contributed by atoms with Crippen LogP contribution in [0.4, 0.5) is 5.82 Å². The topological polar surface area (TPSA) is 58.1 Å². The maximum Gasteiger partial charge on any atom is 0.235 e. The van der Waals surface area contributed by atoms with Crippen molar-refractivity contribution in [1.82, 2.24) is 14.9 Å². The average Bonchev–Trinajstić information content (AvgIpc) is 3.48. The lowest BCUT2D eigenvalue weighted by Gasteiger charge is -2.23. The van der Waals surface area contributed by atoms with Gasteiger partial charge < -0.3 is 10.2 Å². The number of hydrogen-bond acceptors (Lipinski definition) is 5. The molecule has 0 spiro atoms. The number of nitrogens with zero attached hydrogens (tertiary/aromatic N) is 3. The third kappa shape index (κ3) is 4.11. The van der Waals surface area contributed by atoms with E-state index < -0.39 is 0 Å². The number of amides is 1. The Kier molecular flexibility index (Phi) is 5.29. The Morgan fingerprint density at radius 2 is 1.88 bits per heavy atom. The first-order valence-electron chi connectivity index (χ1n) is 9.69. The summed E-state index contributed by atoms with van der Waals surface area (Å²) in [7, 11) is 0. The van der Waals surface area contributed by atoms with Crippen molar-refractivity contribution in [3.63, 3.8) is 0 Å². The number of aromatic nitrogens is 2. The minimum atomic E-state index is -0.164. The van der Waals surface area contributed by atoms with E-state index in [1.165, 1.54) is 37.4 Å². The lowest BCUT2D eigenvalue weighted by Crippen LogP contribution is -2.37. The van der Waals surface area contributed by atoms with Crippen molar-refractivity contribution in [3.8, 4) is 0 Å². The molecule has 26 heavy (non-hydrogen) atoms. The molecule has 1 aromatic heterocycles. The zero-order chi connectivity index (χ0) is 17.9. The predicted octanol–water partition coefficient (Wildman–Crippen LogP) is 4.09. The number of thioether (sulfide) groups is 1. The van der Waals surface area contributed by atoms with E-state index in [-0.39, 0.29) is 11.2 Å². The molecule has 6 heteroatoms. The van der Waals surface area contributed by atoms with E-state index in [9.17, 15) is 4.79 Å². The van der Waals surface area contributed by atoms with Gasteiger partial charge >= 0.3 is 0 Å². The SMILES string of the molecule is CC(Sc1nc(NC2CC2)c2ccccc2n1)C(=O)N1CCCCCC1. The molecule has 1 N–H and O–H groups in total. The van der Waals surface area contributed by atoms with Crippen LogP contribution in [0, 0.1) is 0 Å². The van der Waals surface area contributed by atoms with Crippen LogP contribution in [0.3, 0.4) is 0 Å². The van der Waals surface area contributed by atoms with E-state index in [0.717, 1.165) is 42.7 Å². The molecule has 2 heterocycles. The second-order valence-corrected chi connectivity index (χ2v) is 8.60. The van der Waals surface area contributed by atoms with Gasteiger partial charge in [-0.3, -0.25) is 4.79 Å². The molecule has 1 atom stereocenters. The Morgan fingerprint density at radius 1 is 1.15 bits per heavy atom. The first-order valence-corrected chi connectivity index (χ1v) is 10.6. The summed E-state index contributed by atoms with van der Waals surface area (Å²) < 4.78 is 0. The number of benzene rings is 1. The van der Waals surface area contributed by atoms with Gasteiger partial charge in [0.25, 0.3) is 0 Å². The molecule has 5 nitrogen and oxygen atoms in total. The van der Waals surface area contributed by atoms with Crippen LogP contribution in [0.5, 0.6) is 0 Å². The average molecular weight is 371 g/mol. The number of nitrogens with one attached hydrogen (secondary N) is 1. The lowest BCUT2D eigenvalue weighted by atomic mass is 10.2. The maximum atomic E-state index is 12.8. The fourth-order valence-electron chi connectivity index (χ4n) is 3.40. The molecule has 4 rings (SSSR count). The maximum absolute atomic E-state index is 12.8. The number of hydrogen-bond donors (Lipinski definition) is 1. The van der Waals surface area contributed by atoms with E-state index in [0.29, 0.717) is 11.2 Å². The van der Waals surface area contributed by atoms with Crippen LogP contribution in [-0.4, -0.2) is 45.2 Å². The van der Waals surface area contributed by atoms with Crippen LogP contribution in [-0.2, 0) is 4.79 Å². The van der Waals surface area contributed by atoms with Crippen molar-refractivity contribution in [3.05, 3.63) is 24.3 Å². The highest BCUT2D eigenvalue weighted by atomic mass is 32.2. The quantitative estimate of drug-likeness (QED) is 0.635. The summed E-state index contributed by atoms with van der Waals surface area (Å²) in [6, 6.07) is 8.61. The number of likely N-dealkylation sites (tertiary alicyclic amines) is 1. The van der Waals surface area contributed by atoms with Gasteiger partial charge in [-0.25, -0.2) is 9.97 Å². The fraction of sp³-hybridized carbons (Fsp3) is 0.550. The Balaban J connectivity index is 1.53. The molecule has 1 saturated heterocycles. The van der Waals surface area contributed by atoms with Crippen molar-refractivity contribution >= 4 is 34.4 Å². The second kappa shape index (κ2) is 7.82. The molecular weight excluding hydrogens is 344 g/mol. The van der Waals surface area contributed by atoms with Crippen molar-refractivity contribution in [2.45, 2.75) is 61.9 Å². The Bertz CT molecular complexity index is 784. The zero-order valence-electron chi connectivity index (χ0n) is 15.3. The Morgan fingerprint density at radius 3 is 2.62 bits per heavy atom. The highest BCUT2D eigenvalue weighted by Crippen LogP contribution is 2.31. The van der Waals surface area contributed by atoms with E-state index in [1.54, 1.807) is 0 Å². The first kappa shape index (κ1) is 17.6. The molecule has 1 amide bonds. The molecule has 1 aliphatic carbocycles. The van der Waals surface area contributed by atoms with Gasteiger partial charge in [-0.2, -0.15) is 0 Å². The Labute approximate surface area is 159 Å². The van der Waals surface area contributed by atoms with Crippen molar-refractivity contribution < 1.29 is 4.79 Å². The van der Waals surface area contributed by atoms with Crippen LogP contribution in [0.15, 0.2) is 29.4 Å². The van der Waals surface area contributed by atoms with Crippen molar-refractivity contribution in [2.24, 2.45) is 0 Å². The molecule has 1 aromatic carbocycles. The van der Waals surface area contributed by atoms with Crippen LogP contribution < -0.4 is 5.32 Å². The normalized spacial score (nSPS) is 19.2. The van der Waals surface area contributed by atoms with Crippen molar-refractivity contribution in [1.29, 1.82) is 0 Å². The lowest BCUT2D eigenvalue weighted by molar-refractivity contribution is -0.130. The molecule has 0 radical (unpaired) electrons. The van der Waals surface area contributed by atoms with Crippen LogP contribution >= 0.6 is 11.8 Å². The highest BCUT2D eigenvalue weighted by molar-refractivity contribution is 8.00. The first-order chi connectivity index (χ1) is 12.7. The standard InChI is InChI=1S/C20H26N4OS/c1-14(19(25)24-12-6-2-3-7-13-24)26-20-22-17-9-5-4-8-16(17)18(23-20)21-15-10-11-15/h4-5,8-9,14-15H,2-3,6-7,10-13H2,1H3,(H,21,22,23). The smallest absolute Gasteiger partial charge is 0.235 e. The number of fused-ring (bicyclic) bond motifs is 1. The minimum Gasteiger partial charge on any atom is -0.367 e. The van der Waals surface area contributed by atoms with Gasteiger partial charge in [-0.1, -0.05) is 36.7 Å². The van der Waals surface area contributed by atoms with Gasteiger partial charge in [0.1, 0.15) is 5.82 Å². The third-order valence-electron chi connectivity index (χ3n) is 5.05. The molecule has 0 bridgehead atoms. The zero-order valence-corrected chi connectivity index (χ0v) is 16.1. The summed E-state index contributed by atoms with van der Waals surface area (Å²) in [5, 5.41) is 5.08. The summed E-state index contributed by atoms with van der Waals surface area (Å²) >= 11 is 1.48. The fourth-order valence-corrected chi connectivity index (χ4v) is 4.26. The van der Waals surface area contributed by atoms with E-state index in [4.69, 9.17) is 9.97 Å². The summed E-state index contributed by atoms with van der Waals surface area (Å²) in [4.78, 5) is 24.3. The molecule has 1 saturated carbocycles. The number of rotatable bonds is 5. The summed E-state index contributed by atoms with van der Waals surface area (Å²) in [6.45, 7) is 3.75. The van der Waals surface area contributed by atoms with E-state index >= 15 is 0 Å². The predicted molar refractivity (Wildman–Crippen MR) is 107 cm³/mol. The van der Waals surface area contributed by atoms with E-state index in [1.807, 2.05) is 30.0 Å². The summed E-state index contributed by atoms with van der Waals surface area (Å²) in [5.74, 6) is 1.11. The molecule has 2 aromatic rings. The molecule has 138 valence electrons. The van der Waals surface area contributed by atoms with Crippen LogP contribution in [0.2, 0.25) is 0 Å². The van der Waals surface area contributed by atoms with Gasteiger partial charge in [0, 0.05) is 24.5 Å². The van der Waals surface area contributed by atoms with Gasteiger partial charge in [0.05, 0.1) is 10.8 Å². The Hall–Kier alpha value is -1.82. The van der Waals surface area contributed by atoms with Gasteiger partial charge in [-0.05, 0) is 44.7 Å². The second-order valence-electron chi connectivity index (χ2n) is 7.29. The van der Waals surface area contributed by atoms with Gasteiger partial charge in [-0.15, -0.1) is 0 Å². The van der Waals surface area contributed by atoms with Crippen LogP contribution in [0.1, 0.15) is 45.4 Å². The largest absolute Gasteiger partial charge is 0.367 e. The van der Waals surface area contributed by atoms with Gasteiger partial charge in [0.2, 0.25) is 5.91 Å². The van der Waals surface area contributed by atoms with E-state index in [2.05, 4.69) is 11.4 Å². The molecule has 1 aliphatic heterocycles. The molecular formula is C20H26N4OS. The molecule has 2 aliphatic rings.